The molecular weight excluding hydrogens is 248 g/mol. The van der Waals surface area contributed by atoms with E-state index in [0.29, 0.717) is 0 Å². The lowest BCUT2D eigenvalue weighted by Gasteiger charge is -2.01. The van der Waals surface area contributed by atoms with E-state index in [1.54, 1.807) is 6.20 Å². The fraction of sp³-hybridized carbons (Fsp3) is 0. The molecule has 19 heavy (non-hydrogen) atoms. The van der Waals surface area contributed by atoms with E-state index in [2.05, 4.69) is 4.98 Å². The number of aromatic nitrogens is 1. The Morgan fingerprint density at radius 2 is 1.84 bits per heavy atom. The highest BCUT2D eigenvalue weighted by molar-refractivity contribution is 5.92. The molecule has 1 aromatic carbocycles. The number of carboxylic acids is 2. The summed E-state index contributed by atoms with van der Waals surface area (Å²) in [4.78, 5) is 23.5. The molecule has 98 valence electrons. The number of H-pyrrole nitrogens is 1. The van der Waals surface area contributed by atoms with Crippen LogP contribution in [-0.4, -0.2) is 17.0 Å². The molecule has 0 fully saturated rings. The van der Waals surface area contributed by atoms with Crippen molar-refractivity contribution in [2.45, 2.75) is 0 Å². The monoisotopic (exact) mass is 260 g/mol. The fourth-order valence-electron chi connectivity index (χ4n) is 1.19. The van der Waals surface area contributed by atoms with Gasteiger partial charge in [-0.2, -0.15) is 0 Å². The average molecular weight is 260 g/mol. The summed E-state index contributed by atoms with van der Waals surface area (Å²) in [5.41, 5.74) is 5.90. The smallest absolute Gasteiger partial charge is 0.335 e. The number of nitrogens with two attached hydrogens (primary N) is 1. The van der Waals surface area contributed by atoms with Gasteiger partial charge < -0.3 is 20.7 Å². The van der Waals surface area contributed by atoms with Crippen LogP contribution in [0.5, 0.6) is 0 Å². The molecule has 2 aromatic rings. The fourth-order valence-corrected chi connectivity index (χ4v) is 1.19. The van der Waals surface area contributed by atoms with Crippen molar-refractivity contribution in [2.75, 3.05) is 5.73 Å². The second-order valence-electron chi connectivity index (χ2n) is 3.51. The van der Waals surface area contributed by atoms with Crippen molar-refractivity contribution in [3.8, 4) is 0 Å². The summed E-state index contributed by atoms with van der Waals surface area (Å²) in [6.45, 7) is 0. The molecule has 6 heteroatoms. The minimum Gasteiger partial charge on any atom is -0.545 e. The van der Waals surface area contributed by atoms with Crippen LogP contribution in [0.15, 0.2) is 48.8 Å². The van der Waals surface area contributed by atoms with Gasteiger partial charge in [0.1, 0.15) is 0 Å². The summed E-state index contributed by atoms with van der Waals surface area (Å²) in [5.74, 6) is -2.53. The number of carboxylic acid groups (broad SMARTS) is 2. The van der Waals surface area contributed by atoms with Gasteiger partial charge in [-0.25, -0.2) is 9.78 Å². The van der Waals surface area contributed by atoms with Crippen molar-refractivity contribution < 1.29 is 24.8 Å². The molecule has 6 nitrogen and oxygen atoms in total. The van der Waals surface area contributed by atoms with Crippen molar-refractivity contribution in [1.82, 2.24) is 0 Å². The van der Waals surface area contributed by atoms with Gasteiger partial charge in [-0.3, -0.25) is 0 Å². The van der Waals surface area contributed by atoms with Crippen LogP contribution in [0.1, 0.15) is 20.7 Å². The highest BCUT2D eigenvalue weighted by Gasteiger charge is 2.02. The Morgan fingerprint density at radius 1 is 1.16 bits per heavy atom. The summed E-state index contributed by atoms with van der Waals surface area (Å²) < 4.78 is 0. The maximum Gasteiger partial charge on any atom is 0.335 e. The summed E-state index contributed by atoms with van der Waals surface area (Å²) >= 11 is 0. The topological polar surface area (TPSA) is 118 Å². The molecule has 0 amide bonds. The number of nitrogens with one attached hydrogen (secondary N) is 1. The van der Waals surface area contributed by atoms with Crippen molar-refractivity contribution in [2.24, 2.45) is 0 Å². The number of aromatic amines is 1. The van der Waals surface area contributed by atoms with Crippen LogP contribution in [-0.2, 0) is 0 Å². The van der Waals surface area contributed by atoms with E-state index < -0.39 is 11.9 Å². The molecule has 1 heterocycles. The average Bonchev–Trinajstić information content (AvgIpc) is 2.40. The Morgan fingerprint density at radius 3 is 2.26 bits per heavy atom. The molecule has 0 radical (unpaired) electrons. The maximum absolute atomic E-state index is 10.4. The number of pyridine rings is 1. The molecular formula is C13H12N2O4. The van der Waals surface area contributed by atoms with Gasteiger partial charge in [-0.15, -0.1) is 0 Å². The van der Waals surface area contributed by atoms with E-state index in [1.165, 1.54) is 18.2 Å². The van der Waals surface area contributed by atoms with E-state index >= 15 is 0 Å². The maximum atomic E-state index is 10.4. The first-order valence-corrected chi connectivity index (χ1v) is 5.27. The first kappa shape index (κ1) is 14.2. The van der Waals surface area contributed by atoms with Crippen LogP contribution in [0.4, 0.5) is 5.69 Å². The minimum absolute atomic E-state index is 0.0586. The Bertz CT molecular complexity index is 541. The molecule has 0 spiro atoms. The quantitative estimate of drug-likeness (QED) is 0.777. The molecule has 0 saturated heterocycles. The Kier molecular flexibility index (Phi) is 5.04. The van der Waals surface area contributed by atoms with Crippen molar-refractivity contribution in [1.29, 1.82) is 0 Å². The first-order chi connectivity index (χ1) is 9.00. The van der Waals surface area contributed by atoms with Gasteiger partial charge in [-0.1, -0.05) is 12.1 Å². The minimum atomic E-state index is -1.38. The van der Waals surface area contributed by atoms with Crippen LogP contribution in [0.25, 0.3) is 0 Å². The zero-order valence-electron chi connectivity index (χ0n) is 9.87. The van der Waals surface area contributed by atoms with E-state index in [9.17, 15) is 14.7 Å². The van der Waals surface area contributed by atoms with Gasteiger partial charge in [0.2, 0.25) is 0 Å². The molecule has 4 N–H and O–H groups in total. The van der Waals surface area contributed by atoms with Crippen LogP contribution in [0.3, 0.4) is 0 Å². The summed E-state index contributed by atoms with van der Waals surface area (Å²) in [7, 11) is 0. The molecule has 0 aliphatic rings. The number of hydrogen-bond donors (Lipinski definition) is 2. The van der Waals surface area contributed by atoms with Crippen molar-refractivity contribution in [3.05, 3.63) is 59.9 Å². The predicted molar refractivity (Wildman–Crippen MR) is 65.1 cm³/mol. The third-order valence-corrected chi connectivity index (χ3v) is 2.08. The number of aromatic carboxylic acids is 2. The first-order valence-electron chi connectivity index (χ1n) is 5.27. The normalized spacial score (nSPS) is 9.05. The van der Waals surface area contributed by atoms with Crippen LogP contribution in [0, 0.1) is 0 Å². The molecule has 0 saturated carbocycles. The van der Waals surface area contributed by atoms with Gasteiger partial charge in [0, 0.05) is 6.07 Å². The Balaban J connectivity index is 0.000000218. The van der Waals surface area contributed by atoms with E-state index in [1.807, 2.05) is 18.3 Å². The molecule has 2 rings (SSSR count). The van der Waals surface area contributed by atoms with E-state index in [4.69, 9.17) is 10.8 Å². The highest BCUT2D eigenvalue weighted by atomic mass is 16.4. The second-order valence-corrected chi connectivity index (χ2v) is 3.51. The lowest BCUT2D eigenvalue weighted by atomic mass is 10.1. The molecule has 0 unspecified atom stereocenters. The second kappa shape index (κ2) is 6.75. The zero-order chi connectivity index (χ0) is 14.3. The lowest BCUT2D eigenvalue weighted by Crippen LogP contribution is -2.22. The third-order valence-electron chi connectivity index (χ3n) is 2.08. The largest absolute Gasteiger partial charge is 0.545 e. The number of hydrogen-bond acceptors (Lipinski definition) is 4. The number of nitrogen functional groups attached to an aromatic ring is 1. The summed E-state index contributed by atoms with van der Waals surface area (Å²) in [5, 5.41) is 18.7. The van der Waals surface area contributed by atoms with Gasteiger partial charge in [0.05, 0.1) is 17.2 Å². The number of rotatable bonds is 2. The summed E-state index contributed by atoms with van der Waals surface area (Å²) in [6, 6.07) is 8.69. The molecule has 0 atom stereocenters. The summed E-state index contributed by atoms with van der Waals surface area (Å²) in [6.07, 6.45) is 3.55. The van der Waals surface area contributed by atoms with E-state index in [-0.39, 0.29) is 11.1 Å². The van der Waals surface area contributed by atoms with Crippen LogP contribution >= 0.6 is 0 Å². The molecule has 0 aliphatic heterocycles. The lowest BCUT2D eigenvalue weighted by molar-refractivity contribution is -0.377. The van der Waals surface area contributed by atoms with Crippen LogP contribution in [0.2, 0.25) is 0 Å². The molecule has 1 aromatic heterocycles. The number of carbonyl (C=O) groups is 2. The Hall–Kier alpha value is -2.89. The highest BCUT2D eigenvalue weighted by Crippen LogP contribution is 2.03. The predicted octanol–water partition coefficient (Wildman–Crippen LogP) is -0.169. The standard InChI is InChI=1S/C8H6O4.C5H6N2/c9-7(10)5-2-1-3-6(4-5)8(11)12;6-5-2-1-3-7-4-5/h1-4H,(H,9,10)(H,11,12);1-4H,6H2. The van der Waals surface area contributed by atoms with E-state index in [0.717, 1.165) is 11.8 Å². The van der Waals surface area contributed by atoms with Crippen LogP contribution < -0.4 is 15.8 Å². The number of benzene rings is 1. The Labute approximate surface area is 109 Å². The number of anilines is 1. The SMILES string of the molecule is Nc1ccc[nH+]c1.O=C([O-])c1cccc(C(=O)O)c1. The van der Waals surface area contributed by atoms with Gasteiger partial charge >= 0.3 is 5.97 Å². The van der Waals surface area contributed by atoms with Crippen molar-refractivity contribution in [3.63, 3.8) is 0 Å². The van der Waals surface area contributed by atoms with Crippen molar-refractivity contribution >= 4 is 17.6 Å². The van der Waals surface area contributed by atoms with Gasteiger partial charge in [0.15, 0.2) is 12.4 Å². The van der Waals surface area contributed by atoms with Gasteiger partial charge in [0.25, 0.3) is 0 Å². The van der Waals surface area contributed by atoms with Gasteiger partial charge in [-0.05, 0) is 23.8 Å². The zero-order valence-corrected chi connectivity index (χ0v) is 9.87. The third kappa shape index (κ3) is 4.86. The number of carbonyl (C=O) groups excluding carboxylic acids is 1. The molecule has 0 aliphatic carbocycles. The molecule has 0 bridgehead atoms.